The Morgan fingerprint density at radius 2 is 2.09 bits per heavy atom. The van der Waals surface area contributed by atoms with Crippen LogP contribution in [0.4, 0.5) is 0 Å². The van der Waals surface area contributed by atoms with Gasteiger partial charge in [-0.05, 0) is 32.3 Å². The molecule has 0 aliphatic carbocycles. The van der Waals surface area contributed by atoms with Crippen molar-refractivity contribution in [3.8, 4) is 0 Å². The fourth-order valence-corrected chi connectivity index (χ4v) is 7.08. The lowest BCUT2D eigenvalue weighted by Crippen LogP contribution is -2.36. The Balaban J connectivity index is 1.37. The number of nitrogens with zero attached hydrogens (tertiary/aromatic N) is 2. The predicted octanol–water partition coefficient (Wildman–Crippen LogP) is 2.15. The van der Waals surface area contributed by atoms with Gasteiger partial charge in [0.05, 0.1) is 18.8 Å². The Kier molecular flexibility index (Phi) is 5.82. The van der Waals surface area contributed by atoms with Gasteiger partial charge in [-0.2, -0.15) is 0 Å². The quantitative estimate of drug-likeness (QED) is 0.658. The van der Waals surface area contributed by atoms with Crippen LogP contribution in [0, 0.1) is 6.92 Å². The molecule has 0 saturated carbocycles. The van der Waals surface area contributed by atoms with Crippen molar-refractivity contribution in [2.45, 2.75) is 63.2 Å². The summed E-state index contributed by atoms with van der Waals surface area (Å²) in [5, 5.41) is 9.91. The molecule has 4 heterocycles. The monoisotopic (exact) mass is 461 g/mol. The molecule has 5 rings (SSSR count). The third-order valence-corrected chi connectivity index (χ3v) is 8.61. The van der Waals surface area contributed by atoms with Crippen molar-refractivity contribution in [1.29, 1.82) is 0 Å². The number of nitrogens with one attached hydrogen (secondary N) is 1. The van der Waals surface area contributed by atoms with Crippen LogP contribution in [-0.2, 0) is 19.4 Å². The second kappa shape index (κ2) is 8.48. The SMILES string of the molecule is Cc1cn([C@H]2CC(O[P@]3O[C@@](C)(c4ccccc4)[C@H]4CCCN43)[C@@H](CO)O2)c(=O)[nH]c1=O. The van der Waals surface area contributed by atoms with Crippen LogP contribution in [0.5, 0.6) is 0 Å². The van der Waals surface area contributed by atoms with E-state index in [1.54, 1.807) is 6.92 Å². The van der Waals surface area contributed by atoms with Gasteiger partial charge in [-0.1, -0.05) is 30.3 Å². The zero-order valence-electron chi connectivity index (χ0n) is 18.1. The van der Waals surface area contributed by atoms with Crippen molar-refractivity contribution < 1.29 is 18.9 Å². The molecule has 2 aromatic rings. The molecule has 32 heavy (non-hydrogen) atoms. The molecular formula is C22H28N3O6P. The molecule has 3 saturated heterocycles. The van der Waals surface area contributed by atoms with Crippen LogP contribution in [0.15, 0.2) is 46.1 Å². The maximum Gasteiger partial charge on any atom is 0.330 e. The number of aromatic nitrogens is 2. The van der Waals surface area contributed by atoms with Gasteiger partial charge < -0.3 is 18.9 Å². The number of ether oxygens (including phenoxy) is 1. The van der Waals surface area contributed by atoms with Crippen LogP contribution in [0.25, 0.3) is 0 Å². The largest absolute Gasteiger partial charge is 0.394 e. The molecule has 1 aromatic heterocycles. The van der Waals surface area contributed by atoms with Crippen molar-refractivity contribution in [3.63, 3.8) is 0 Å². The minimum absolute atomic E-state index is 0.228. The van der Waals surface area contributed by atoms with Gasteiger partial charge in [-0.25, -0.2) is 9.46 Å². The number of hydrogen-bond donors (Lipinski definition) is 2. The third-order valence-electron chi connectivity index (χ3n) is 6.73. The summed E-state index contributed by atoms with van der Waals surface area (Å²) in [6.07, 6.45) is 2.32. The average Bonchev–Trinajstić information content (AvgIpc) is 3.49. The molecule has 3 fully saturated rings. The zero-order chi connectivity index (χ0) is 22.5. The Hall–Kier alpha value is -1.87. The maximum absolute atomic E-state index is 12.3. The van der Waals surface area contributed by atoms with E-state index in [9.17, 15) is 14.7 Å². The lowest BCUT2D eigenvalue weighted by atomic mass is 9.87. The van der Waals surface area contributed by atoms with Gasteiger partial charge in [-0.15, -0.1) is 0 Å². The van der Waals surface area contributed by atoms with Crippen molar-refractivity contribution in [3.05, 3.63) is 68.5 Å². The number of rotatable bonds is 5. The number of aryl methyl sites for hydroxylation is 1. The fraction of sp³-hybridized carbons (Fsp3) is 0.545. The van der Waals surface area contributed by atoms with Crippen molar-refractivity contribution in [1.82, 2.24) is 14.2 Å². The number of fused-ring (bicyclic) bond motifs is 1. The molecule has 172 valence electrons. The number of aliphatic hydroxyl groups excluding tert-OH is 1. The van der Waals surface area contributed by atoms with Gasteiger partial charge in [0.1, 0.15) is 17.9 Å². The van der Waals surface area contributed by atoms with Crippen LogP contribution in [0.3, 0.4) is 0 Å². The molecule has 3 aliphatic heterocycles. The number of H-pyrrole nitrogens is 1. The summed E-state index contributed by atoms with van der Waals surface area (Å²) in [5.41, 5.74) is 0.116. The fourth-order valence-electron chi connectivity index (χ4n) is 4.94. The van der Waals surface area contributed by atoms with E-state index in [0.717, 1.165) is 24.9 Å². The molecular weight excluding hydrogens is 433 g/mol. The van der Waals surface area contributed by atoms with Crippen LogP contribution in [-0.4, -0.2) is 50.7 Å². The van der Waals surface area contributed by atoms with E-state index < -0.39 is 43.8 Å². The predicted molar refractivity (Wildman–Crippen MR) is 118 cm³/mol. The van der Waals surface area contributed by atoms with Gasteiger partial charge in [-0.3, -0.25) is 14.3 Å². The summed E-state index contributed by atoms with van der Waals surface area (Å²) in [4.78, 5) is 26.3. The first kappa shape index (κ1) is 21.9. The summed E-state index contributed by atoms with van der Waals surface area (Å²) in [6, 6.07) is 10.4. The third kappa shape index (κ3) is 3.67. The normalized spacial score (nSPS) is 34.8. The van der Waals surface area contributed by atoms with E-state index in [4.69, 9.17) is 13.8 Å². The average molecular weight is 461 g/mol. The highest BCUT2D eigenvalue weighted by Gasteiger charge is 2.56. The molecule has 1 unspecified atom stereocenters. The van der Waals surface area contributed by atoms with E-state index in [0.29, 0.717) is 12.0 Å². The summed E-state index contributed by atoms with van der Waals surface area (Å²) in [6.45, 7) is 4.42. The Bertz CT molecular complexity index is 1090. The van der Waals surface area contributed by atoms with Crippen LogP contribution >= 0.6 is 8.53 Å². The van der Waals surface area contributed by atoms with Crippen LogP contribution < -0.4 is 11.2 Å². The topological polar surface area (TPSA) is 106 Å². The van der Waals surface area contributed by atoms with Gasteiger partial charge in [0.15, 0.2) is 0 Å². The van der Waals surface area contributed by atoms with Crippen molar-refractivity contribution in [2.24, 2.45) is 0 Å². The highest BCUT2D eigenvalue weighted by molar-refractivity contribution is 7.45. The number of aromatic amines is 1. The van der Waals surface area contributed by atoms with E-state index >= 15 is 0 Å². The summed E-state index contributed by atoms with van der Waals surface area (Å²) in [7, 11) is -1.35. The summed E-state index contributed by atoms with van der Waals surface area (Å²) >= 11 is 0. The minimum Gasteiger partial charge on any atom is -0.394 e. The molecule has 2 N–H and O–H groups in total. The Labute approximate surface area is 186 Å². The summed E-state index contributed by atoms with van der Waals surface area (Å²) < 4.78 is 22.6. The first-order valence-corrected chi connectivity index (χ1v) is 12.1. The minimum atomic E-state index is -1.35. The molecule has 3 aliphatic rings. The Morgan fingerprint density at radius 3 is 2.84 bits per heavy atom. The van der Waals surface area contributed by atoms with Crippen molar-refractivity contribution >= 4 is 8.53 Å². The number of aliphatic hydroxyl groups is 1. The molecule has 10 heteroatoms. The van der Waals surface area contributed by atoms with Crippen LogP contribution in [0.2, 0.25) is 0 Å². The molecule has 9 nitrogen and oxygen atoms in total. The van der Waals surface area contributed by atoms with Gasteiger partial charge in [0.25, 0.3) is 14.1 Å². The standard InChI is InChI=1S/C22H28N3O6P/c1-14-12-24(21(28)23-20(14)27)19-11-16(17(13-26)29-19)30-32-25-10-6-9-18(25)22(2,31-32)15-7-4-3-5-8-15/h3-5,7-8,12,16-19,26H,6,9-11,13H2,1-2H3,(H,23,27,28)/t16?,17-,18-,19-,22+,32-/m1/s1. The highest BCUT2D eigenvalue weighted by Crippen LogP contribution is 2.63. The number of benzene rings is 1. The van der Waals surface area contributed by atoms with Gasteiger partial charge >= 0.3 is 5.69 Å². The van der Waals surface area contributed by atoms with Crippen LogP contribution in [0.1, 0.15) is 43.5 Å². The molecule has 1 aromatic carbocycles. The molecule has 0 bridgehead atoms. The maximum atomic E-state index is 12.3. The van der Waals surface area contributed by atoms with E-state index in [1.165, 1.54) is 10.8 Å². The second-order valence-electron chi connectivity index (χ2n) is 8.79. The first-order chi connectivity index (χ1) is 15.4. The second-order valence-corrected chi connectivity index (χ2v) is 10.2. The zero-order valence-corrected chi connectivity index (χ0v) is 19.0. The molecule has 0 radical (unpaired) electrons. The molecule has 0 amide bonds. The highest BCUT2D eigenvalue weighted by atomic mass is 31.2. The van der Waals surface area contributed by atoms with E-state index in [2.05, 4.69) is 28.7 Å². The molecule has 6 atom stereocenters. The molecule has 0 spiro atoms. The first-order valence-electron chi connectivity index (χ1n) is 11.0. The Morgan fingerprint density at radius 1 is 1.31 bits per heavy atom. The smallest absolute Gasteiger partial charge is 0.330 e. The lowest BCUT2D eigenvalue weighted by molar-refractivity contribution is -0.0436. The summed E-state index contributed by atoms with van der Waals surface area (Å²) in [5.74, 6) is 0. The lowest BCUT2D eigenvalue weighted by Gasteiger charge is -2.29. The van der Waals surface area contributed by atoms with E-state index in [1.807, 2.05) is 18.2 Å². The van der Waals surface area contributed by atoms with Gasteiger partial charge in [0.2, 0.25) is 0 Å². The van der Waals surface area contributed by atoms with E-state index in [-0.39, 0.29) is 12.6 Å². The van der Waals surface area contributed by atoms with Crippen molar-refractivity contribution in [2.75, 3.05) is 13.2 Å². The van der Waals surface area contributed by atoms with Gasteiger partial charge in [0, 0.05) is 24.7 Å². The number of hydrogen-bond acceptors (Lipinski definition) is 7.